The van der Waals surface area contributed by atoms with Gasteiger partial charge in [0.15, 0.2) is 12.4 Å². The zero-order valence-electron chi connectivity index (χ0n) is 20.4. The number of imide groups is 1. The van der Waals surface area contributed by atoms with Crippen molar-refractivity contribution in [3.05, 3.63) is 35.7 Å². The average Bonchev–Trinajstić information content (AvgIpc) is 2.95. The van der Waals surface area contributed by atoms with Crippen LogP contribution in [0.1, 0.15) is 51.4 Å². The van der Waals surface area contributed by atoms with Gasteiger partial charge in [-0.1, -0.05) is 39.0 Å². The number of anilines is 3. The van der Waals surface area contributed by atoms with E-state index in [-0.39, 0.29) is 41.6 Å². The van der Waals surface area contributed by atoms with Crippen molar-refractivity contribution in [1.29, 1.82) is 0 Å². The van der Waals surface area contributed by atoms with Crippen LogP contribution >= 0.6 is 0 Å². The number of ether oxygens (including phenoxy) is 1. The summed E-state index contributed by atoms with van der Waals surface area (Å²) in [5, 5.41) is 5.91. The molecule has 1 aromatic heterocycles. The monoisotopic (exact) mass is 481 g/mol. The number of nitrogen functional groups attached to an aromatic ring is 1. The summed E-state index contributed by atoms with van der Waals surface area (Å²) in [6, 6.07) is 7.01. The SMILES string of the molecule is Cc1ccccc1Nc1nc(N)nc(COC(=O)CN2C(=O)N[C@]3(C[C@@H](C)CC(C)(C)C3)C2=O)n1. The summed E-state index contributed by atoms with van der Waals surface area (Å²) in [5.41, 5.74) is 6.50. The van der Waals surface area contributed by atoms with E-state index in [0.29, 0.717) is 12.8 Å². The highest BCUT2D eigenvalue weighted by atomic mass is 16.5. The number of nitrogens with zero attached hydrogens (tertiary/aromatic N) is 4. The van der Waals surface area contributed by atoms with Crippen LogP contribution < -0.4 is 16.4 Å². The molecule has 11 heteroatoms. The minimum Gasteiger partial charge on any atom is -0.456 e. The Bertz CT molecular complexity index is 1170. The van der Waals surface area contributed by atoms with Gasteiger partial charge in [0.2, 0.25) is 11.9 Å². The summed E-state index contributed by atoms with van der Waals surface area (Å²) >= 11 is 0. The van der Waals surface area contributed by atoms with E-state index in [4.69, 9.17) is 10.5 Å². The van der Waals surface area contributed by atoms with Crippen molar-refractivity contribution < 1.29 is 19.1 Å². The largest absolute Gasteiger partial charge is 0.456 e. The fourth-order valence-electron chi connectivity index (χ4n) is 5.36. The lowest BCUT2D eigenvalue weighted by Crippen LogP contribution is -2.54. The van der Waals surface area contributed by atoms with E-state index >= 15 is 0 Å². The fraction of sp³-hybridized carbons (Fsp3) is 0.500. The van der Waals surface area contributed by atoms with E-state index in [1.165, 1.54) is 0 Å². The maximum atomic E-state index is 13.2. The van der Waals surface area contributed by atoms with Crippen LogP contribution in [0.3, 0.4) is 0 Å². The second-order valence-electron chi connectivity index (χ2n) is 10.3. The lowest BCUT2D eigenvalue weighted by molar-refractivity contribution is -0.149. The third-order valence-corrected chi connectivity index (χ3v) is 6.36. The van der Waals surface area contributed by atoms with Gasteiger partial charge in [0.05, 0.1) is 0 Å². The molecular formula is C24H31N7O4. The van der Waals surface area contributed by atoms with Gasteiger partial charge in [0, 0.05) is 5.69 Å². The molecule has 2 fully saturated rings. The number of amides is 3. The van der Waals surface area contributed by atoms with Gasteiger partial charge < -0.3 is 21.1 Å². The van der Waals surface area contributed by atoms with Gasteiger partial charge in [-0.15, -0.1) is 0 Å². The quantitative estimate of drug-likeness (QED) is 0.417. The van der Waals surface area contributed by atoms with Crippen molar-refractivity contribution in [3.8, 4) is 0 Å². The number of nitrogens with one attached hydrogen (secondary N) is 2. The maximum absolute atomic E-state index is 13.2. The Morgan fingerprint density at radius 1 is 1.23 bits per heavy atom. The van der Waals surface area contributed by atoms with Crippen molar-refractivity contribution in [2.45, 2.75) is 59.1 Å². The fourth-order valence-corrected chi connectivity index (χ4v) is 5.36. The molecular weight excluding hydrogens is 450 g/mol. The molecule has 1 aliphatic carbocycles. The number of urea groups is 1. The number of rotatable bonds is 6. The first-order valence-electron chi connectivity index (χ1n) is 11.6. The van der Waals surface area contributed by atoms with Crippen molar-refractivity contribution in [2.75, 3.05) is 17.6 Å². The molecule has 0 unspecified atom stereocenters. The topological polar surface area (TPSA) is 152 Å². The molecule has 186 valence electrons. The molecule has 2 heterocycles. The Labute approximate surface area is 203 Å². The molecule has 4 rings (SSSR count). The number of hydrogen-bond donors (Lipinski definition) is 3. The molecule has 35 heavy (non-hydrogen) atoms. The first-order chi connectivity index (χ1) is 16.5. The molecule has 0 radical (unpaired) electrons. The smallest absolute Gasteiger partial charge is 0.326 e. The van der Waals surface area contributed by atoms with E-state index in [9.17, 15) is 14.4 Å². The Hall–Kier alpha value is -3.76. The number of nitrogens with two attached hydrogens (primary N) is 1. The van der Waals surface area contributed by atoms with E-state index in [0.717, 1.165) is 22.6 Å². The summed E-state index contributed by atoms with van der Waals surface area (Å²) in [5.74, 6) is -0.547. The highest BCUT2D eigenvalue weighted by Gasteiger charge is 2.56. The predicted octanol–water partition coefficient (Wildman–Crippen LogP) is 2.69. The summed E-state index contributed by atoms with van der Waals surface area (Å²) in [6.07, 6.45) is 2.05. The summed E-state index contributed by atoms with van der Waals surface area (Å²) < 4.78 is 5.26. The van der Waals surface area contributed by atoms with Crippen molar-refractivity contribution in [1.82, 2.24) is 25.2 Å². The third-order valence-electron chi connectivity index (χ3n) is 6.36. The van der Waals surface area contributed by atoms with E-state index in [1.54, 1.807) is 0 Å². The molecule has 2 aliphatic rings. The van der Waals surface area contributed by atoms with Gasteiger partial charge in [-0.2, -0.15) is 15.0 Å². The van der Waals surface area contributed by atoms with Crippen molar-refractivity contribution in [2.24, 2.45) is 11.3 Å². The minimum absolute atomic E-state index is 0.0350. The molecule has 2 aromatic rings. The molecule has 1 aromatic carbocycles. The second kappa shape index (κ2) is 9.12. The summed E-state index contributed by atoms with van der Waals surface area (Å²) in [7, 11) is 0. The number of aryl methyl sites for hydroxylation is 1. The summed E-state index contributed by atoms with van der Waals surface area (Å²) in [4.78, 5) is 51.6. The number of carbonyl (C=O) groups excluding carboxylic acids is 3. The highest BCUT2D eigenvalue weighted by molar-refractivity contribution is 6.08. The zero-order chi connectivity index (χ0) is 25.4. The van der Waals surface area contributed by atoms with Gasteiger partial charge in [-0.3, -0.25) is 14.5 Å². The average molecular weight is 482 g/mol. The number of esters is 1. The van der Waals surface area contributed by atoms with Crippen LogP contribution in [0, 0.1) is 18.3 Å². The summed E-state index contributed by atoms with van der Waals surface area (Å²) in [6.45, 7) is 7.40. The van der Waals surface area contributed by atoms with Crippen LogP contribution in [0.25, 0.3) is 0 Å². The number of hydrogen-bond acceptors (Lipinski definition) is 9. The molecule has 0 bridgehead atoms. The van der Waals surface area contributed by atoms with Crippen molar-refractivity contribution >= 4 is 35.5 Å². The number of para-hydroxylation sites is 1. The van der Waals surface area contributed by atoms with Gasteiger partial charge in [0.25, 0.3) is 5.91 Å². The molecule has 3 amide bonds. The van der Waals surface area contributed by atoms with Gasteiger partial charge in [0.1, 0.15) is 12.1 Å². The predicted molar refractivity (Wildman–Crippen MR) is 128 cm³/mol. The molecule has 2 atom stereocenters. The highest BCUT2D eigenvalue weighted by Crippen LogP contribution is 2.46. The third kappa shape index (κ3) is 5.33. The van der Waals surface area contributed by atoms with Crippen LogP contribution in [0.15, 0.2) is 24.3 Å². The molecule has 1 saturated heterocycles. The zero-order valence-corrected chi connectivity index (χ0v) is 20.4. The van der Waals surface area contributed by atoms with E-state index in [2.05, 4.69) is 46.4 Å². The lowest BCUT2D eigenvalue weighted by atomic mass is 9.64. The van der Waals surface area contributed by atoms with Crippen LogP contribution in [0.5, 0.6) is 0 Å². The molecule has 4 N–H and O–H groups in total. The van der Waals surface area contributed by atoms with E-state index < -0.39 is 24.1 Å². The van der Waals surface area contributed by atoms with Gasteiger partial charge in [-0.25, -0.2) is 4.79 Å². The Kier molecular flexibility index (Phi) is 6.35. The number of aromatic nitrogens is 3. The molecule has 1 spiro atoms. The Morgan fingerprint density at radius 3 is 2.69 bits per heavy atom. The molecule has 11 nitrogen and oxygen atoms in total. The molecule has 1 aliphatic heterocycles. The van der Waals surface area contributed by atoms with Crippen LogP contribution in [0.2, 0.25) is 0 Å². The number of benzene rings is 1. The first-order valence-corrected chi connectivity index (χ1v) is 11.6. The van der Waals surface area contributed by atoms with E-state index in [1.807, 2.05) is 31.2 Å². The van der Waals surface area contributed by atoms with Gasteiger partial charge >= 0.3 is 12.0 Å². The lowest BCUT2D eigenvalue weighted by Gasteiger charge is -2.43. The second-order valence-corrected chi connectivity index (χ2v) is 10.3. The van der Waals surface area contributed by atoms with Gasteiger partial charge in [-0.05, 0) is 49.1 Å². The molecule has 1 saturated carbocycles. The van der Waals surface area contributed by atoms with Crippen LogP contribution in [0.4, 0.5) is 22.4 Å². The van der Waals surface area contributed by atoms with Crippen LogP contribution in [-0.2, 0) is 20.9 Å². The van der Waals surface area contributed by atoms with Crippen molar-refractivity contribution in [3.63, 3.8) is 0 Å². The minimum atomic E-state index is -0.975. The standard InChI is InChI=1S/C24H31N7O4/c1-14-9-23(3,4)13-24(10-14)19(33)31(22(34)30-24)11-18(32)35-12-17-27-20(25)29-21(28-17)26-16-8-6-5-7-15(16)2/h5-8,14H,9-13H2,1-4H3,(H,30,34)(H3,25,26,27,28,29)/t14-,24-/m0/s1. The van der Waals surface area contributed by atoms with Crippen LogP contribution in [-0.4, -0.2) is 49.8 Å². The Balaban J connectivity index is 1.39. The number of carbonyl (C=O) groups is 3. The normalized spacial score (nSPS) is 23.3. The Morgan fingerprint density at radius 2 is 1.97 bits per heavy atom. The maximum Gasteiger partial charge on any atom is 0.326 e. The first kappa shape index (κ1) is 24.4.